The molecule has 0 aromatic carbocycles. The molecule has 2 radical (unpaired) electrons. The molecular weight excluding hydrogens is 407 g/mol. The standard InChI is InChI=1S/C9H19BFO11P3/c1-17-23(12,13)21-25(16,18-2)22-24(14,15)19-6-8-7(3-4-11)5-9(10)20-8/h7-9H,3-6H2,1-2H3,(H,12,13)(H,14,15)/p-1. The minimum atomic E-state index is -5.31. The van der Waals surface area contributed by atoms with Gasteiger partial charge in [-0.2, -0.15) is 4.31 Å². The smallest absolute Gasteiger partial charge is 0.489 e. The van der Waals surface area contributed by atoms with Gasteiger partial charge < -0.3 is 19.0 Å². The molecule has 1 N–H and O–H groups in total. The Kier molecular flexibility index (Phi) is 8.92. The second-order valence-electron chi connectivity index (χ2n) is 4.87. The zero-order valence-electron chi connectivity index (χ0n) is 13.4. The van der Waals surface area contributed by atoms with E-state index in [1.165, 1.54) is 0 Å². The van der Waals surface area contributed by atoms with E-state index >= 15 is 0 Å². The third-order valence-corrected chi connectivity index (χ3v) is 7.74. The van der Waals surface area contributed by atoms with Crippen molar-refractivity contribution < 1.29 is 54.8 Å². The highest BCUT2D eigenvalue weighted by Crippen LogP contribution is 2.68. The van der Waals surface area contributed by atoms with Crippen LogP contribution in [0.2, 0.25) is 0 Å². The van der Waals surface area contributed by atoms with Gasteiger partial charge in [-0.3, -0.25) is 18.0 Å². The van der Waals surface area contributed by atoms with Gasteiger partial charge in [-0.05, 0) is 18.8 Å². The number of phosphoric ester groups is 2. The van der Waals surface area contributed by atoms with E-state index in [9.17, 15) is 23.0 Å². The first-order chi connectivity index (χ1) is 11.5. The lowest BCUT2D eigenvalue weighted by Gasteiger charge is -2.28. The van der Waals surface area contributed by atoms with E-state index in [0.717, 1.165) is 7.11 Å². The first kappa shape index (κ1) is 23.4. The maximum Gasteiger partial charge on any atom is 0.489 e. The van der Waals surface area contributed by atoms with Crippen LogP contribution in [0.1, 0.15) is 12.8 Å². The number of rotatable bonds is 11. The summed E-state index contributed by atoms with van der Waals surface area (Å²) in [5, 5.41) is 0. The Labute approximate surface area is 145 Å². The van der Waals surface area contributed by atoms with Crippen molar-refractivity contribution >= 4 is 31.3 Å². The fraction of sp³-hybridized carbons (Fsp3) is 1.00. The molecule has 0 saturated carbocycles. The van der Waals surface area contributed by atoms with Crippen LogP contribution < -0.4 is 4.89 Å². The molecule has 6 unspecified atom stereocenters. The van der Waals surface area contributed by atoms with E-state index in [-0.39, 0.29) is 12.3 Å². The van der Waals surface area contributed by atoms with Crippen LogP contribution in [0.4, 0.5) is 4.39 Å². The molecule has 1 rings (SSSR count). The van der Waals surface area contributed by atoms with Crippen molar-refractivity contribution in [3.8, 4) is 0 Å². The summed E-state index contributed by atoms with van der Waals surface area (Å²) in [5.41, 5.74) is 0. The lowest BCUT2D eigenvalue weighted by atomic mass is 9.89. The predicted octanol–water partition coefficient (Wildman–Crippen LogP) is 1.27. The van der Waals surface area contributed by atoms with Gasteiger partial charge in [0.15, 0.2) is 0 Å². The SMILES string of the molecule is [B]C1CC(CCF)C(COP(=O)([O-])OP(=O)(OC)OP(=O)(O)OC)O1. The van der Waals surface area contributed by atoms with E-state index in [0.29, 0.717) is 13.5 Å². The first-order valence-electron chi connectivity index (χ1n) is 6.85. The van der Waals surface area contributed by atoms with Crippen LogP contribution in [0.15, 0.2) is 0 Å². The van der Waals surface area contributed by atoms with E-state index in [2.05, 4.69) is 22.2 Å². The Morgan fingerprint density at radius 3 is 2.44 bits per heavy atom. The van der Waals surface area contributed by atoms with Crippen molar-refractivity contribution in [1.29, 1.82) is 0 Å². The van der Waals surface area contributed by atoms with Crippen LogP contribution in [0.3, 0.4) is 0 Å². The molecule has 6 atom stereocenters. The summed E-state index contributed by atoms with van der Waals surface area (Å²) in [6.45, 7) is -1.25. The molecule has 16 heteroatoms. The average molecular weight is 425 g/mol. The van der Waals surface area contributed by atoms with Crippen molar-refractivity contribution in [3.05, 3.63) is 0 Å². The number of hydrogen-bond donors (Lipinski definition) is 1. The lowest BCUT2D eigenvalue weighted by Crippen LogP contribution is -2.24. The minimum absolute atomic E-state index is 0.0902. The van der Waals surface area contributed by atoms with Gasteiger partial charge in [0.2, 0.25) is 0 Å². The Morgan fingerprint density at radius 1 is 1.28 bits per heavy atom. The minimum Gasteiger partial charge on any atom is -0.756 e. The van der Waals surface area contributed by atoms with Crippen molar-refractivity contribution in [2.45, 2.75) is 24.9 Å². The monoisotopic (exact) mass is 425 g/mol. The lowest BCUT2D eigenvalue weighted by molar-refractivity contribution is -0.220. The summed E-state index contributed by atoms with van der Waals surface area (Å²) in [4.78, 5) is 20.8. The van der Waals surface area contributed by atoms with Crippen LogP contribution in [-0.2, 0) is 40.6 Å². The summed E-state index contributed by atoms with van der Waals surface area (Å²) < 4.78 is 73.5. The highest BCUT2D eigenvalue weighted by Gasteiger charge is 2.41. The molecule has 25 heavy (non-hydrogen) atoms. The Morgan fingerprint density at radius 2 is 1.92 bits per heavy atom. The number of halogens is 1. The number of alkyl halides is 1. The molecule has 1 aliphatic heterocycles. The van der Waals surface area contributed by atoms with Gasteiger partial charge in [0.25, 0.3) is 7.82 Å². The number of hydrogen-bond acceptors (Lipinski definition) is 10. The summed E-state index contributed by atoms with van der Waals surface area (Å²) in [5.74, 6) is -0.378. The molecule has 0 amide bonds. The third-order valence-electron chi connectivity index (χ3n) is 3.14. The molecule has 1 saturated heterocycles. The van der Waals surface area contributed by atoms with E-state index in [1.54, 1.807) is 0 Å². The van der Waals surface area contributed by atoms with Crippen LogP contribution in [-0.4, -0.2) is 52.3 Å². The molecule has 0 spiro atoms. The molecule has 146 valence electrons. The van der Waals surface area contributed by atoms with Gasteiger partial charge in [0.05, 0.1) is 19.4 Å². The summed E-state index contributed by atoms with van der Waals surface area (Å²) in [6, 6.07) is -0.701. The largest absolute Gasteiger partial charge is 0.756 e. The van der Waals surface area contributed by atoms with Gasteiger partial charge in [-0.1, -0.05) is 0 Å². The zero-order chi connectivity index (χ0) is 19.3. The maximum absolute atomic E-state index is 12.5. The fourth-order valence-electron chi connectivity index (χ4n) is 2.01. The van der Waals surface area contributed by atoms with Gasteiger partial charge in [-0.15, -0.1) is 0 Å². The van der Waals surface area contributed by atoms with Crippen LogP contribution in [0.5, 0.6) is 0 Å². The average Bonchev–Trinajstić information content (AvgIpc) is 2.84. The first-order valence-corrected chi connectivity index (χ1v) is 11.3. The van der Waals surface area contributed by atoms with Gasteiger partial charge in [0, 0.05) is 20.2 Å². The quantitative estimate of drug-likeness (QED) is 0.377. The van der Waals surface area contributed by atoms with Crippen LogP contribution >= 0.6 is 23.5 Å². The highest BCUT2D eigenvalue weighted by molar-refractivity contribution is 7.67. The van der Waals surface area contributed by atoms with Crippen molar-refractivity contribution in [1.82, 2.24) is 0 Å². The second-order valence-corrected chi connectivity index (χ2v) is 9.89. The summed E-state index contributed by atoms with van der Waals surface area (Å²) in [6.07, 6.45) is -0.432. The Bertz CT molecular complexity index is 577. The molecule has 1 heterocycles. The normalized spacial score (nSPS) is 31.2. The molecule has 0 aromatic rings. The van der Waals surface area contributed by atoms with Gasteiger partial charge in [0.1, 0.15) is 7.85 Å². The summed E-state index contributed by atoms with van der Waals surface area (Å²) in [7, 11) is -8.19. The zero-order valence-corrected chi connectivity index (χ0v) is 16.1. The van der Waals surface area contributed by atoms with Crippen molar-refractivity contribution in [3.63, 3.8) is 0 Å². The van der Waals surface area contributed by atoms with Crippen molar-refractivity contribution in [2.24, 2.45) is 5.92 Å². The predicted molar refractivity (Wildman–Crippen MR) is 80.3 cm³/mol. The molecule has 0 aliphatic carbocycles. The molecule has 0 aromatic heterocycles. The van der Waals surface area contributed by atoms with Crippen LogP contribution in [0.25, 0.3) is 0 Å². The molecule has 0 bridgehead atoms. The van der Waals surface area contributed by atoms with E-state index < -0.39 is 48.9 Å². The van der Waals surface area contributed by atoms with E-state index in [1.807, 2.05) is 0 Å². The molecule has 1 aliphatic rings. The molecule has 1 fully saturated rings. The van der Waals surface area contributed by atoms with Crippen molar-refractivity contribution in [2.75, 3.05) is 27.5 Å². The topological polar surface area (TPSA) is 150 Å². The van der Waals surface area contributed by atoms with Crippen LogP contribution in [0, 0.1) is 5.92 Å². The highest BCUT2D eigenvalue weighted by atomic mass is 31.3. The van der Waals surface area contributed by atoms with E-state index in [4.69, 9.17) is 17.5 Å². The fourth-order valence-corrected chi connectivity index (χ4v) is 5.71. The number of ether oxygens (including phenoxy) is 1. The molecule has 11 nitrogen and oxygen atoms in total. The summed E-state index contributed by atoms with van der Waals surface area (Å²) >= 11 is 0. The Balaban J connectivity index is 2.69. The maximum atomic E-state index is 12.5. The third kappa shape index (κ3) is 7.86. The Hall–Kier alpha value is 0.365. The van der Waals surface area contributed by atoms with Gasteiger partial charge in [-0.25, -0.2) is 13.4 Å². The second kappa shape index (κ2) is 9.53. The number of phosphoric acid groups is 3. The van der Waals surface area contributed by atoms with Gasteiger partial charge >= 0.3 is 15.6 Å². The molecular formula is C9H18BFO11P3-.